The highest BCUT2D eigenvalue weighted by Crippen LogP contribution is 2.14. The van der Waals surface area contributed by atoms with Gasteiger partial charge in [-0.05, 0) is 32.4 Å². The van der Waals surface area contributed by atoms with Crippen LogP contribution in [-0.4, -0.2) is 26.8 Å². The Morgan fingerprint density at radius 3 is 3.04 bits per heavy atom. The average molecular weight is 430 g/mol. The minimum absolute atomic E-state index is 0. The van der Waals surface area contributed by atoms with Gasteiger partial charge in [-0.1, -0.05) is 0 Å². The normalized spacial score (nSPS) is 13.8. The summed E-state index contributed by atoms with van der Waals surface area (Å²) in [4.78, 5) is 4.61. The Kier molecular flexibility index (Phi) is 6.43. The van der Waals surface area contributed by atoms with Crippen LogP contribution in [0.25, 0.3) is 0 Å². The summed E-state index contributed by atoms with van der Waals surface area (Å²) in [6, 6.07) is 4.11. The van der Waals surface area contributed by atoms with Crippen molar-refractivity contribution in [3.8, 4) is 0 Å². The lowest BCUT2D eigenvalue weighted by Gasteiger charge is -2.14. The van der Waals surface area contributed by atoms with Gasteiger partial charge in [0.25, 0.3) is 0 Å². The summed E-state index contributed by atoms with van der Waals surface area (Å²) >= 11 is 0. The van der Waals surface area contributed by atoms with Gasteiger partial charge in [0.2, 0.25) is 0 Å². The van der Waals surface area contributed by atoms with Gasteiger partial charge in [-0.3, -0.25) is 0 Å². The third-order valence-electron chi connectivity index (χ3n) is 3.50. The van der Waals surface area contributed by atoms with Crippen molar-refractivity contribution in [1.29, 1.82) is 0 Å². The van der Waals surface area contributed by atoms with Crippen LogP contribution < -0.4 is 10.6 Å². The Morgan fingerprint density at radius 1 is 1.43 bits per heavy atom. The third kappa shape index (κ3) is 4.69. The molecule has 0 unspecified atom stereocenters. The van der Waals surface area contributed by atoms with Gasteiger partial charge in [0.15, 0.2) is 11.8 Å². The topological polar surface area (TPSA) is 80.3 Å². The number of guanidine groups is 1. The molecule has 2 aromatic heterocycles. The van der Waals surface area contributed by atoms with Crippen LogP contribution in [0.15, 0.2) is 27.8 Å². The fourth-order valence-corrected chi connectivity index (χ4v) is 2.49. The zero-order valence-electron chi connectivity index (χ0n) is 13.5. The minimum Gasteiger partial charge on any atom is -0.467 e. The van der Waals surface area contributed by atoms with Crippen molar-refractivity contribution in [3.05, 3.63) is 35.8 Å². The first-order chi connectivity index (χ1) is 10.7. The molecule has 7 nitrogen and oxygen atoms in total. The van der Waals surface area contributed by atoms with Gasteiger partial charge in [0.05, 0.1) is 12.8 Å². The fourth-order valence-electron chi connectivity index (χ4n) is 2.49. The molecule has 0 spiro atoms. The van der Waals surface area contributed by atoms with Crippen LogP contribution in [0.2, 0.25) is 0 Å². The molecule has 1 aliphatic rings. The van der Waals surface area contributed by atoms with Gasteiger partial charge >= 0.3 is 0 Å². The number of nitrogens with one attached hydrogen (secondary N) is 2. The maximum atomic E-state index is 5.33. The lowest BCUT2D eigenvalue weighted by atomic mass is 10.4. The second-order valence-electron chi connectivity index (χ2n) is 5.68. The number of furan rings is 1. The quantitative estimate of drug-likeness (QED) is 0.432. The van der Waals surface area contributed by atoms with Crippen LogP contribution in [0, 0.1) is 0 Å². The van der Waals surface area contributed by atoms with Gasteiger partial charge in [0.1, 0.15) is 18.1 Å². The molecule has 1 aliphatic heterocycles. The summed E-state index contributed by atoms with van der Waals surface area (Å²) < 4.78 is 7.50. The Balaban J connectivity index is 0.00000192. The highest BCUT2D eigenvalue weighted by molar-refractivity contribution is 14.0. The van der Waals surface area contributed by atoms with Crippen LogP contribution in [0.3, 0.4) is 0 Å². The zero-order valence-corrected chi connectivity index (χ0v) is 15.8. The Morgan fingerprint density at radius 2 is 2.30 bits per heavy atom. The number of aromatic nitrogens is 3. The number of nitrogens with zero attached hydrogens (tertiary/aromatic N) is 4. The van der Waals surface area contributed by atoms with Crippen LogP contribution >= 0.6 is 24.0 Å². The van der Waals surface area contributed by atoms with Crippen molar-refractivity contribution in [2.45, 2.75) is 52.4 Å². The SMILES string of the molecule is CC(C)NC(=NCc1nnc2n1CCC2)NCc1ccco1.I. The summed E-state index contributed by atoms with van der Waals surface area (Å²) in [5, 5.41) is 15.0. The van der Waals surface area contributed by atoms with E-state index in [1.165, 1.54) is 0 Å². The molecule has 0 saturated carbocycles. The van der Waals surface area contributed by atoms with Crippen molar-refractivity contribution < 1.29 is 4.42 Å². The number of halogens is 1. The lowest BCUT2D eigenvalue weighted by molar-refractivity contribution is 0.500. The second kappa shape index (κ2) is 8.32. The molecule has 0 saturated heterocycles. The molecule has 0 atom stereocenters. The van der Waals surface area contributed by atoms with E-state index in [9.17, 15) is 0 Å². The van der Waals surface area contributed by atoms with Crippen LogP contribution in [0.4, 0.5) is 0 Å². The number of hydrogen-bond acceptors (Lipinski definition) is 4. The first kappa shape index (κ1) is 17.8. The van der Waals surface area contributed by atoms with E-state index in [0.29, 0.717) is 19.1 Å². The van der Waals surface area contributed by atoms with Crippen molar-refractivity contribution >= 4 is 29.9 Å². The van der Waals surface area contributed by atoms with E-state index in [2.05, 4.69) is 44.2 Å². The van der Waals surface area contributed by atoms with E-state index >= 15 is 0 Å². The van der Waals surface area contributed by atoms with E-state index in [4.69, 9.17) is 4.42 Å². The van der Waals surface area contributed by atoms with Crippen LogP contribution in [0.1, 0.15) is 37.7 Å². The monoisotopic (exact) mass is 430 g/mol. The number of hydrogen-bond donors (Lipinski definition) is 2. The first-order valence-corrected chi connectivity index (χ1v) is 7.70. The number of aliphatic imine (C=N–C) groups is 1. The molecule has 23 heavy (non-hydrogen) atoms. The Hall–Kier alpha value is -1.58. The molecular weight excluding hydrogens is 407 g/mol. The molecule has 0 bridgehead atoms. The van der Waals surface area contributed by atoms with Crippen molar-refractivity contribution in [2.24, 2.45) is 4.99 Å². The second-order valence-corrected chi connectivity index (χ2v) is 5.68. The highest BCUT2D eigenvalue weighted by atomic mass is 127. The molecule has 0 fully saturated rings. The van der Waals surface area contributed by atoms with Gasteiger partial charge < -0.3 is 19.6 Å². The van der Waals surface area contributed by atoms with Crippen molar-refractivity contribution in [2.75, 3.05) is 0 Å². The first-order valence-electron chi connectivity index (χ1n) is 7.70. The highest BCUT2D eigenvalue weighted by Gasteiger charge is 2.16. The number of rotatable bonds is 5. The molecule has 126 valence electrons. The van der Waals surface area contributed by atoms with E-state index in [-0.39, 0.29) is 24.0 Å². The largest absolute Gasteiger partial charge is 0.467 e. The molecular formula is C15H23IN6O. The van der Waals surface area contributed by atoms with Crippen molar-refractivity contribution in [3.63, 3.8) is 0 Å². The van der Waals surface area contributed by atoms with Crippen molar-refractivity contribution in [1.82, 2.24) is 25.4 Å². The predicted octanol–water partition coefficient (Wildman–Crippen LogP) is 2.08. The summed E-state index contributed by atoms with van der Waals surface area (Å²) in [7, 11) is 0. The fraction of sp³-hybridized carbons (Fsp3) is 0.533. The third-order valence-corrected chi connectivity index (χ3v) is 3.50. The molecule has 0 amide bonds. The van der Waals surface area contributed by atoms with E-state index in [0.717, 1.165) is 42.8 Å². The lowest BCUT2D eigenvalue weighted by Crippen LogP contribution is -2.40. The molecule has 0 aliphatic carbocycles. The molecule has 0 radical (unpaired) electrons. The predicted molar refractivity (Wildman–Crippen MR) is 98.7 cm³/mol. The number of fused-ring (bicyclic) bond motifs is 1. The van der Waals surface area contributed by atoms with E-state index < -0.39 is 0 Å². The molecule has 2 aromatic rings. The number of aryl methyl sites for hydroxylation is 1. The maximum absolute atomic E-state index is 5.33. The molecule has 2 N–H and O–H groups in total. The summed E-state index contributed by atoms with van der Waals surface area (Å²) in [6.45, 7) is 6.29. The Bertz CT molecular complexity index is 634. The van der Waals surface area contributed by atoms with E-state index in [1.807, 2.05) is 12.1 Å². The molecule has 3 rings (SSSR count). The van der Waals surface area contributed by atoms with Gasteiger partial charge in [-0.15, -0.1) is 34.2 Å². The van der Waals surface area contributed by atoms with Gasteiger partial charge in [-0.25, -0.2) is 4.99 Å². The molecule has 0 aromatic carbocycles. The standard InChI is InChI=1S/C15H22N6O.HI/c1-11(2)18-15(16-9-12-5-4-8-22-12)17-10-14-20-19-13-6-3-7-21(13)14;/h4-5,8,11H,3,6-7,9-10H2,1-2H3,(H2,16,17,18);1H. The summed E-state index contributed by atoms with van der Waals surface area (Å²) in [5.41, 5.74) is 0. The zero-order chi connectivity index (χ0) is 15.4. The summed E-state index contributed by atoms with van der Waals surface area (Å²) in [6.07, 6.45) is 3.84. The smallest absolute Gasteiger partial charge is 0.192 e. The van der Waals surface area contributed by atoms with Crippen LogP contribution in [-0.2, 0) is 26.1 Å². The van der Waals surface area contributed by atoms with Crippen LogP contribution in [0.5, 0.6) is 0 Å². The molecule has 8 heteroatoms. The van der Waals surface area contributed by atoms with Gasteiger partial charge in [-0.2, -0.15) is 0 Å². The molecule has 3 heterocycles. The Labute approximate surface area is 153 Å². The van der Waals surface area contributed by atoms with E-state index in [1.54, 1.807) is 6.26 Å². The average Bonchev–Trinajstić information content (AvgIpc) is 3.19. The minimum atomic E-state index is 0. The van der Waals surface area contributed by atoms with Gasteiger partial charge in [0, 0.05) is 19.0 Å². The maximum Gasteiger partial charge on any atom is 0.192 e. The summed E-state index contributed by atoms with van der Waals surface area (Å²) in [5.74, 6) is 3.63.